The Morgan fingerprint density at radius 1 is 1.50 bits per heavy atom. The smallest absolute Gasteiger partial charge is 0.226 e. The first-order valence-corrected chi connectivity index (χ1v) is 5.64. The van der Waals surface area contributed by atoms with Crippen LogP contribution in [-0.4, -0.2) is 23.9 Å². The molecule has 0 saturated carbocycles. The van der Waals surface area contributed by atoms with E-state index >= 15 is 0 Å². The summed E-state index contributed by atoms with van der Waals surface area (Å²) in [5.74, 6) is 0.139. The minimum absolute atomic E-state index is 0.139. The molecule has 88 valence electrons. The van der Waals surface area contributed by atoms with Crippen LogP contribution in [-0.2, 0) is 11.2 Å². The van der Waals surface area contributed by atoms with Gasteiger partial charge in [0.2, 0.25) is 5.91 Å². The summed E-state index contributed by atoms with van der Waals surface area (Å²) in [6.45, 7) is 4.13. The fourth-order valence-corrected chi connectivity index (χ4v) is 1.52. The monoisotopic (exact) mass is 220 g/mol. The van der Waals surface area contributed by atoms with Crippen molar-refractivity contribution in [3.05, 3.63) is 29.8 Å². The normalized spacial score (nSPS) is 12.2. The predicted molar refractivity (Wildman–Crippen MR) is 67.1 cm³/mol. The Morgan fingerprint density at radius 2 is 2.19 bits per heavy atom. The van der Waals surface area contributed by atoms with Crippen LogP contribution in [0.4, 0.5) is 5.69 Å². The van der Waals surface area contributed by atoms with E-state index in [1.165, 1.54) is 0 Å². The van der Waals surface area contributed by atoms with E-state index < -0.39 is 0 Å². The van der Waals surface area contributed by atoms with Crippen LogP contribution in [0, 0.1) is 0 Å². The molecule has 0 aromatic heterocycles. The van der Waals surface area contributed by atoms with E-state index in [1.807, 2.05) is 31.3 Å². The Morgan fingerprint density at radius 3 is 2.75 bits per heavy atom. The van der Waals surface area contributed by atoms with Crippen molar-refractivity contribution in [2.24, 2.45) is 0 Å². The van der Waals surface area contributed by atoms with Gasteiger partial charge < -0.3 is 10.6 Å². The zero-order valence-corrected chi connectivity index (χ0v) is 10.2. The van der Waals surface area contributed by atoms with E-state index in [1.54, 1.807) is 4.90 Å². The van der Waals surface area contributed by atoms with E-state index in [0.717, 1.165) is 12.0 Å². The second-order valence-corrected chi connectivity index (χ2v) is 4.18. The maximum atomic E-state index is 11.9. The molecular formula is C13H20N2O. The van der Waals surface area contributed by atoms with Crippen LogP contribution < -0.4 is 5.73 Å². The minimum atomic E-state index is 0.139. The molecule has 0 aliphatic carbocycles. The third-order valence-electron chi connectivity index (χ3n) is 2.95. The van der Waals surface area contributed by atoms with Gasteiger partial charge in [0.1, 0.15) is 0 Å². The van der Waals surface area contributed by atoms with Crippen LogP contribution >= 0.6 is 0 Å². The number of hydrogen-bond donors (Lipinski definition) is 1. The van der Waals surface area contributed by atoms with Gasteiger partial charge in [-0.2, -0.15) is 0 Å². The summed E-state index contributed by atoms with van der Waals surface area (Å²) in [5, 5.41) is 0. The van der Waals surface area contributed by atoms with Gasteiger partial charge in [-0.3, -0.25) is 4.79 Å². The number of nitrogen functional groups attached to an aromatic ring is 1. The molecular weight excluding hydrogens is 200 g/mol. The van der Waals surface area contributed by atoms with E-state index in [-0.39, 0.29) is 11.9 Å². The fraction of sp³-hybridized carbons (Fsp3) is 0.462. The molecule has 3 heteroatoms. The first-order valence-electron chi connectivity index (χ1n) is 5.64. The minimum Gasteiger partial charge on any atom is -0.399 e. The molecule has 0 unspecified atom stereocenters. The SMILES string of the molecule is CC[C@@H](C)N(C)C(=O)Cc1cccc(N)c1. The van der Waals surface area contributed by atoms with Crippen molar-refractivity contribution in [2.45, 2.75) is 32.7 Å². The molecule has 3 nitrogen and oxygen atoms in total. The zero-order valence-electron chi connectivity index (χ0n) is 10.2. The van der Waals surface area contributed by atoms with Gasteiger partial charge in [0.15, 0.2) is 0 Å². The summed E-state index contributed by atoms with van der Waals surface area (Å²) in [4.78, 5) is 13.7. The Labute approximate surface area is 97.2 Å². The lowest BCUT2D eigenvalue weighted by Crippen LogP contribution is -2.35. The first-order chi connectivity index (χ1) is 7.54. The summed E-state index contributed by atoms with van der Waals surface area (Å²) in [7, 11) is 1.85. The molecule has 1 aromatic carbocycles. The molecule has 0 fully saturated rings. The average Bonchev–Trinajstić information content (AvgIpc) is 2.27. The second kappa shape index (κ2) is 5.54. The number of benzene rings is 1. The van der Waals surface area contributed by atoms with E-state index in [2.05, 4.69) is 13.8 Å². The van der Waals surface area contributed by atoms with Crippen molar-refractivity contribution in [1.82, 2.24) is 4.90 Å². The van der Waals surface area contributed by atoms with Crippen LogP contribution in [0.2, 0.25) is 0 Å². The topological polar surface area (TPSA) is 46.3 Å². The second-order valence-electron chi connectivity index (χ2n) is 4.18. The van der Waals surface area contributed by atoms with Crippen molar-refractivity contribution in [3.8, 4) is 0 Å². The number of nitrogens with two attached hydrogens (primary N) is 1. The molecule has 0 spiro atoms. The highest BCUT2D eigenvalue weighted by atomic mass is 16.2. The number of carbonyl (C=O) groups excluding carboxylic acids is 1. The average molecular weight is 220 g/mol. The fourth-order valence-electron chi connectivity index (χ4n) is 1.52. The van der Waals surface area contributed by atoms with Gasteiger partial charge >= 0.3 is 0 Å². The molecule has 16 heavy (non-hydrogen) atoms. The zero-order chi connectivity index (χ0) is 12.1. The largest absolute Gasteiger partial charge is 0.399 e. The first kappa shape index (κ1) is 12.6. The summed E-state index contributed by atoms with van der Waals surface area (Å²) in [6, 6.07) is 7.77. The van der Waals surface area contributed by atoms with Crippen molar-refractivity contribution >= 4 is 11.6 Å². The van der Waals surface area contributed by atoms with Crippen LogP contribution in [0.3, 0.4) is 0 Å². The van der Waals surface area contributed by atoms with Crippen LogP contribution in [0.5, 0.6) is 0 Å². The number of hydrogen-bond acceptors (Lipinski definition) is 2. The molecule has 0 saturated heterocycles. The molecule has 1 aromatic rings. The van der Waals surface area contributed by atoms with Crippen LogP contribution in [0.25, 0.3) is 0 Å². The Balaban J connectivity index is 2.64. The summed E-state index contributed by atoms with van der Waals surface area (Å²) in [5.41, 5.74) is 7.35. The Hall–Kier alpha value is -1.51. The predicted octanol–water partition coefficient (Wildman–Crippen LogP) is 2.07. The molecule has 0 bridgehead atoms. The molecule has 0 aliphatic heterocycles. The molecule has 1 rings (SSSR count). The lowest BCUT2D eigenvalue weighted by atomic mass is 10.1. The maximum Gasteiger partial charge on any atom is 0.226 e. The highest BCUT2D eigenvalue weighted by Gasteiger charge is 2.14. The Bertz CT molecular complexity index is 363. The van der Waals surface area contributed by atoms with Gasteiger partial charge in [0.25, 0.3) is 0 Å². The van der Waals surface area contributed by atoms with Gasteiger partial charge in [0, 0.05) is 18.8 Å². The molecule has 2 N–H and O–H groups in total. The van der Waals surface area contributed by atoms with E-state index in [0.29, 0.717) is 12.1 Å². The summed E-state index contributed by atoms with van der Waals surface area (Å²) < 4.78 is 0. The van der Waals surface area contributed by atoms with Crippen molar-refractivity contribution < 1.29 is 4.79 Å². The number of rotatable bonds is 4. The molecule has 1 amide bonds. The number of nitrogens with zero attached hydrogens (tertiary/aromatic N) is 1. The van der Waals surface area contributed by atoms with Gasteiger partial charge in [0.05, 0.1) is 6.42 Å². The van der Waals surface area contributed by atoms with Crippen molar-refractivity contribution in [3.63, 3.8) is 0 Å². The molecule has 0 radical (unpaired) electrons. The summed E-state index contributed by atoms with van der Waals surface area (Å²) >= 11 is 0. The van der Waals surface area contributed by atoms with Crippen molar-refractivity contribution in [1.29, 1.82) is 0 Å². The third-order valence-corrected chi connectivity index (χ3v) is 2.95. The lowest BCUT2D eigenvalue weighted by molar-refractivity contribution is -0.130. The number of carbonyl (C=O) groups is 1. The highest BCUT2D eigenvalue weighted by Crippen LogP contribution is 2.10. The quantitative estimate of drug-likeness (QED) is 0.789. The number of likely N-dealkylation sites (N-methyl/N-ethyl adjacent to an activating group) is 1. The molecule has 1 atom stereocenters. The van der Waals surface area contributed by atoms with Gasteiger partial charge in [-0.1, -0.05) is 19.1 Å². The molecule has 0 aliphatic rings. The van der Waals surface area contributed by atoms with Crippen molar-refractivity contribution in [2.75, 3.05) is 12.8 Å². The molecule has 0 heterocycles. The van der Waals surface area contributed by atoms with Gasteiger partial charge in [-0.05, 0) is 31.0 Å². The van der Waals surface area contributed by atoms with Crippen LogP contribution in [0.1, 0.15) is 25.8 Å². The van der Waals surface area contributed by atoms with E-state index in [9.17, 15) is 4.79 Å². The standard InChI is InChI=1S/C13H20N2O/c1-4-10(2)15(3)13(16)9-11-6-5-7-12(14)8-11/h5-8,10H,4,9,14H2,1-3H3/t10-/m1/s1. The Kier molecular flexibility index (Phi) is 4.35. The van der Waals surface area contributed by atoms with E-state index in [4.69, 9.17) is 5.73 Å². The summed E-state index contributed by atoms with van der Waals surface area (Å²) in [6.07, 6.45) is 1.39. The van der Waals surface area contributed by atoms with Crippen LogP contribution in [0.15, 0.2) is 24.3 Å². The maximum absolute atomic E-state index is 11.9. The van der Waals surface area contributed by atoms with Gasteiger partial charge in [-0.15, -0.1) is 0 Å². The number of amides is 1. The van der Waals surface area contributed by atoms with Gasteiger partial charge in [-0.25, -0.2) is 0 Å². The lowest BCUT2D eigenvalue weighted by Gasteiger charge is -2.23. The highest BCUT2D eigenvalue weighted by molar-refractivity contribution is 5.79. The number of anilines is 1. The third kappa shape index (κ3) is 3.26.